The minimum Gasteiger partial charge on any atom is -0.464 e. The maximum atomic E-state index is 13.1. The van der Waals surface area contributed by atoms with E-state index >= 15 is 0 Å². The van der Waals surface area contributed by atoms with Crippen LogP contribution >= 0.6 is 0 Å². The Labute approximate surface area is 183 Å². The zero-order chi connectivity index (χ0) is 22.8. The van der Waals surface area contributed by atoms with Gasteiger partial charge in [0.15, 0.2) is 11.5 Å². The van der Waals surface area contributed by atoms with Crippen molar-refractivity contribution in [3.8, 4) is 0 Å². The van der Waals surface area contributed by atoms with Crippen LogP contribution in [0.15, 0.2) is 42.5 Å². The summed E-state index contributed by atoms with van der Waals surface area (Å²) in [6.45, 7) is 0.897. The van der Waals surface area contributed by atoms with E-state index in [-0.39, 0.29) is 29.2 Å². The lowest BCUT2D eigenvalue weighted by Crippen LogP contribution is -2.42. The molecule has 166 valence electrons. The van der Waals surface area contributed by atoms with Gasteiger partial charge in [-0.15, -0.1) is 0 Å². The number of Topliss-reactive ketones (excluding diaryl/α,β-unsaturated/α-hetero) is 1. The maximum Gasteiger partial charge on any atom is 0.359 e. The summed E-state index contributed by atoms with van der Waals surface area (Å²) < 4.78 is 19.3. The number of rotatable bonds is 4. The van der Waals surface area contributed by atoms with E-state index in [1.807, 2.05) is 0 Å². The fourth-order valence-corrected chi connectivity index (χ4v) is 3.97. The second-order valence-corrected chi connectivity index (χ2v) is 7.76. The van der Waals surface area contributed by atoms with E-state index in [1.54, 1.807) is 34.8 Å². The molecule has 0 saturated carbocycles. The first-order valence-electron chi connectivity index (χ1n) is 10.3. The SMILES string of the molecule is COC(=O)c1nn(C)c2cc(C(=O)C3CCN(C(=O)Nc4ccc(F)cc4)CC3)ccc12. The number of benzene rings is 2. The number of carbonyl (C=O) groups is 3. The maximum absolute atomic E-state index is 13.1. The molecule has 32 heavy (non-hydrogen) atoms. The Hall–Kier alpha value is -3.75. The van der Waals surface area contributed by atoms with E-state index in [0.717, 1.165) is 0 Å². The summed E-state index contributed by atoms with van der Waals surface area (Å²) in [7, 11) is 3.01. The zero-order valence-corrected chi connectivity index (χ0v) is 17.8. The number of hydrogen-bond acceptors (Lipinski definition) is 5. The molecule has 1 N–H and O–H groups in total. The third kappa shape index (κ3) is 4.18. The van der Waals surface area contributed by atoms with Gasteiger partial charge in [0.1, 0.15) is 5.82 Å². The van der Waals surface area contributed by atoms with E-state index in [2.05, 4.69) is 10.4 Å². The number of halogens is 1. The molecule has 2 heterocycles. The van der Waals surface area contributed by atoms with Crippen LogP contribution in [-0.2, 0) is 11.8 Å². The molecule has 1 fully saturated rings. The van der Waals surface area contributed by atoms with Gasteiger partial charge in [0.05, 0.1) is 12.6 Å². The van der Waals surface area contributed by atoms with E-state index in [9.17, 15) is 18.8 Å². The Balaban J connectivity index is 1.41. The molecule has 0 bridgehead atoms. The van der Waals surface area contributed by atoms with Gasteiger partial charge in [-0.2, -0.15) is 5.10 Å². The molecule has 1 saturated heterocycles. The number of ether oxygens (including phenoxy) is 1. The first kappa shape index (κ1) is 21.5. The number of fused-ring (bicyclic) bond motifs is 1. The Bertz CT molecular complexity index is 1180. The zero-order valence-electron chi connectivity index (χ0n) is 17.8. The summed E-state index contributed by atoms with van der Waals surface area (Å²) in [5.74, 6) is -1.09. The monoisotopic (exact) mass is 438 g/mol. The summed E-state index contributed by atoms with van der Waals surface area (Å²) in [4.78, 5) is 39.1. The molecule has 2 amide bonds. The number of esters is 1. The van der Waals surface area contributed by atoms with Crippen LogP contribution in [0.25, 0.3) is 10.9 Å². The molecule has 8 nitrogen and oxygen atoms in total. The number of methoxy groups -OCH3 is 1. The van der Waals surface area contributed by atoms with Gasteiger partial charge >= 0.3 is 12.0 Å². The number of ketones is 1. The highest BCUT2D eigenvalue weighted by Gasteiger charge is 2.28. The number of nitrogens with one attached hydrogen (secondary N) is 1. The summed E-state index contributed by atoms with van der Waals surface area (Å²) in [5, 5.41) is 7.57. The van der Waals surface area contributed by atoms with E-state index < -0.39 is 5.97 Å². The second kappa shape index (κ2) is 8.78. The normalized spacial score (nSPS) is 14.4. The molecular formula is C23H23FN4O4. The number of likely N-dealkylation sites (tertiary alicyclic amines) is 1. The van der Waals surface area contributed by atoms with Gasteiger partial charge in [-0.25, -0.2) is 14.0 Å². The van der Waals surface area contributed by atoms with Gasteiger partial charge in [0.2, 0.25) is 0 Å². The van der Waals surface area contributed by atoms with Gasteiger partial charge in [-0.3, -0.25) is 9.48 Å². The molecule has 0 spiro atoms. The van der Waals surface area contributed by atoms with Crippen LogP contribution in [0.3, 0.4) is 0 Å². The number of amides is 2. The minimum absolute atomic E-state index is 0.00584. The van der Waals surface area contributed by atoms with Crippen molar-refractivity contribution in [2.75, 3.05) is 25.5 Å². The Morgan fingerprint density at radius 1 is 1.09 bits per heavy atom. The van der Waals surface area contributed by atoms with Crippen molar-refractivity contribution >= 4 is 34.4 Å². The molecule has 3 aromatic rings. The van der Waals surface area contributed by atoms with Crippen molar-refractivity contribution in [3.05, 3.63) is 59.5 Å². The number of carbonyl (C=O) groups excluding carboxylic acids is 3. The van der Waals surface area contributed by atoms with Gasteiger partial charge < -0.3 is 15.0 Å². The van der Waals surface area contributed by atoms with Crippen molar-refractivity contribution in [2.24, 2.45) is 13.0 Å². The van der Waals surface area contributed by atoms with E-state index in [0.29, 0.717) is 48.1 Å². The standard InChI is InChI=1S/C23H23FN4O4/c1-27-19-13-15(3-8-18(19)20(26-27)22(30)32-2)21(29)14-9-11-28(12-10-14)23(31)25-17-6-4-16(24)5-7-17/h3-8,13-14H,9-12H2,1-2H3,(H,25,31). The minimum atomic E-state index is -0.527. The molecule has 0 atom stereocenters. The Morgan fingerprint density at radius 3 is 2.44 bits per heavy atom. The number of aromatic nitrogens is 2. The number of anilines is 1. The molecule has 4 rings (SSSR count). The summed E-state index contributed by atoms with van der Waals surface area (Å²) in [6.07, 6.45) is 1.10. The van der Waals surface area contributed by atoms with Gasteiger partial charge in [-0.05, 0) is 49.2 Å². The van der Waals surface area contributed by atoms with Crippen molar-refractivity contribution in [3.63, 3.8) is 0 Å². The predicted molar refractivity (Wildman–Crippen MR) is 116 cm³/mol. The third-order valence-corrected chi connectivity index (χ3v) is 5.76. The average Bonchev–Trinajstić information content (AvgIpc) is 3.15. The number of nitrogens with zero attached hydrogens (tertiary/aromatic N) is 3. The molecule has 9 heteroatoms. The highest BCUT2D eigenvalue weighted by Crippen LogP contribution is 2.26. The van der Waals surface area contributed by atoms with Gasteiger partial charge in [-0.1, -0.05) is 6.07 Å². The molecule has 1 aromatic heterocycles. The van der Waals surface area contributed by atoms with E-state index in [4.69, 9.17) is 4.74 Å². The third-order valence-electron chi connectivity index (χ3n) is 5.76. The summed E-state index contributed by atoms with van der Waals surface area (Å²) in [6, 6.07) is 10.5. The van der Waals surface area contributed by atoms with Crippen molar-refractivity contribution in [1.82, 2.24) is 14.7 Å². The number of aryl methyl sites for hydroxylation is 1. The lowest BCUT2D eigenvalue weighted by molar-refractivity contribution is 0.0595. The first-order valence-corrected chi connectivity index (χ1v) is 10.3. The average molecular weight is 438 g/mol. The Morgan fingerprint density at radius 2 is 1.78 bits per heavy atom. The van der Waals surface area contributed by atoms with Crippen LogP contribution < -0.4 is 5.32 Å². The Kier molecular flexibility index (Phi) is 5.89. The highest BCUT2D eigenvalue weighted by molar-refractivity contribution is 6.06. The number of urea groups is 1. The van der Waals surface area contributed by atoms with Crippen LogP contribution in [0, 0.1) is 11.7 Å². The van der Waals surface area contributed by atoms with Gasteiger partial charge in [0, 0.05) is 42.7 Å². The second-order valence-electron chi connectivity index (χ2n) is 7.76. The highest BCUT2D eigenvalue weighted by atomic mass is 19.1. The van der Waals surface area contributed by atoms with Crippen LogP contribution in [-0.4, -0.2) is 52.7 Å². The first-order chi connectivity index (χ1) is 15.4. The number of piperidine rings is 1. The van der Waals surface area contributed by atoms with Crippen LogP contribution in [0.5, 0.6) is 0 Å². The van der Waals surface area contributed by atoms with Crippen molar-refractivity contribution < 1.29 is 23.5 Å². The fourth-order valence-electron chi connectivity index (χ4n) is 3.97. The summed E-state index contributed by atoms with van der Waals surface area (Å²) in [5.41, 5.74) is 1.95. The molecule has 0 unspecified atom stereocenters. The molecule has 0 aliphatic carbocycles. The van der Waals surface area contributed by atoms with Crippen molar-refractivity contribution in [1.29, 1.82) is 0 Å². The van der Waals surface area contributed by atoms with Crippen LogP contribution in [0.1, 0.15) is 33.7 Å². The molecular weight excluding hydrogens is 415 g/mol. The van der Waals surface area contributed by atoms with Crippen molar-refractivity contribution in [2.45, 2.75) is 12.8 Å². The molecule has 1 aliphatic heterocycles. The molecule has 1 aliphatic rings. The smallest absolute Gasteiger partial charge is 0.359 e. The topological polar surface area (TPSA) is 93.5 Å². The largest absolute Gasteiger partial charge is 0.464 e. The summed E-state index contributed by atoms with van der Waals surface area (Å²) >= 11 is 0. The number of hydrogen-bond donors (Lipinski definition) is 1. The molecule has 0 radical (unpaired) electrons. The lowest BCUT2D eigenvalue weighted by Gasteiger charge is -2.31. The van der Waals surface area contributed by atoms with E-state index in [1.165, 1.54) is 31.4 Å². The predicted octanol–water partition coefficient (Wildman–Crippen LogP) is 3.63. The molecule has 2 aromatic carbocycles. The van der Waals surface area contributed by atoms with Crippen LogP contribution in [0.4, 0.5) is 14.9 Å². The quantitative estimate of drug-likeness (QED) is 0.496. The van der Waals surface area contributed by atoms with Gasteiger partial charge in [0.25, 0.3) is 0 Å². The fraction of sp³-hybridized carbons (Fsp3) is 0.304. The lowest BCUT2D eigenvalue weighted by atomic mass is 9.88. The van der Waals surface area contributed by atoms with Crippen LogP contribution in [0.2, 0.25) is 0 Å².